The van der Waals surface area contributed by atoms with Gasteiger partial charge in [0.2, 0.25) is 5.91 Å². The molecule has 7 nitrogen and oxygen atoms in total. The molecule has 5 aromatic rings. The van der Waals surface area contributed by atoms with Gasteiger partial charge in [-0.2, -0.15) is 0 Å². The molecule has 7 rings (SSSR count). The number of carboxylic acid groups (broad SMARTS) is 1. The standard InChI is InChI=1S/C34H36N4O3S2/c1-19-8-7-15-37(19)29(39)18-38-27-17-28(34(40)41)43-33(27)30(22-9-5-4-6-10-22)31(38)24-12-13-25-23(16-24)11-14-26(36-25)32-20(2)35-21(3)42-32/h11-14,16-17,19,22H,4-10,15,18H2,1-3H3,(H,40,41). The molecule has 4 aromatic heterocycles. The van der Waals surface area contributed by atoms with E-state index in [2.05, 4.69) is 46.8 Å². The predicted octanol–water partition coefficient (Wildman–Crippen LogP) is 8.42. The molecule has 1 aliphatic heterocycles. The third kappa shape index (κ3) is 5.06. The molecule has 5 heterocycles. The number of aromatic carboxylic acids is 1. The average molecular weight is 613 g/mol. The number of hydrogen-bond acceptors (Lipinski definition) is 6. The Labute approximate surface area is 259 Å². The summed E-state index contributed by atoms with van der Waals surface area (Å²) in [6.07, 6.45) is 7.77. The Morgan fingerprint density at radius 2 is 1.79 bits per heavy atom. The van der Waals surface area contributed by atoms with Crippen molar-refractivity contribution in [3.63, 3.8) is 0 Å². The topological polar surface area (TPSA) is 88.3 Å². The zero-order chi connectivity index (χ0) is 29.8. The molecule has 222 valence electrons. The Kier molecular flexibility index (Phi) is 7.33. The Morgan fingerprint density at radius 1 is 0.977 bits per heavy atom. The summed E-state index contributed by atoms with van der Waals surface area (Å²) < 4.78 is 3.15. The Hall–Kier alpha value is -3.56. The van der Waals surface area contributed by atoms with Crippen LogP contribution in [0.5, 0.6) is 0 Å². The SMILES string of the molecule is Cc1nc(C)c(-c2ccc3cc(-c4c(C5CCCCC5)c5sc(C(=O)O)cc5n4CC(=O)N4CCCC4C)ccc3n2)s1. The van der Waals surface area contributed by atoms with E-state index in [1.807, 2.05) is 18.7 Å². The molecule has 1 aromatic carbocycles. The van der Waals surface area contributed by atoms with Crippen LogP contribution in [-0.2, 0) is 11.3 Å². The second-order valence-electron chi connectivity index (χ2n) is 12.1. The largest absolute Gasteiger partial charge is 0.477 e. The fraction of sp³-hybridized carbons (Fsp3) is 0.412. The smallest absolute Gasteiger partial charge is 0.345 e. The lowest BCUT2D eigenvalue weighted by molar-refractivity contribution is -0.132. The highest BCUT2D eigenvalue weighted by Gasteiger charge is 2.32. The highest BCUT2D eigenvalue weighted by molar-refractivity contribution is 7.21. The van der Waals surface area contributed by atoms with Crippen molar-refractivity contribution in [3.8, 4) is 21.8 Å². The minimum Gasteiger partial charge on any atom is -0.477 e. The molecule has 0 radical (unpaired) electrons. The first-order chi connectivity index (χ1) is 20.8. The minimum absolute atomic E-state index is 0.101. The third-order valence-electron chi connectivity index (χ3n) is 9.26. The van der Waals surface area contributed by atoms with Crippen molar-refractivity contribution in [2.24, 2.45) is 0 Å². The van der Waals surface area contributed by atoms with Crippen molar-refractivity contribution in [1.82, 2.24) is 19.4 Å². The van der Waals surface area contributed by atoms with Gasteiger partial charge in [-0.15, -0.1) is 22.7 Å². The lowest BCUT2D eigenvalue weighted by atomic mass is 9.83. The van der Waals surface area contributed by atoms with Crippen LogP contribution in [0.25, 0.3) is 42.9 Å². The molecule has 0 bridgehead atoms. The molecule has 1 amide bonds. The molecular formula is C34H36N4O3S2. The van der Waals surface area contributed by atoms with Crippen molar-refractivity contribution in [2.75, 3.05) is 6.54 Å². The van der Waals surface area contributed by atoms with Crippen molar-refractivity contribution in [1.29, 1.82) is 0 Å². The van der Waals surface area contributed by atoms with Gasteiger partial charge in [0.05, 0.1) is 42.7 Å². The van der Waals surface area contributed by atoms with Crippen LogP contribution in [0.3, 0.4) is 0 Å². The molecule has 2 aliphatic rings. The van der Waals surface area contributed by atoms with Crippen LogP contribution in [-0.4, -0.2) is 49.0 Å². The normalized spacial score (nSPS) is 17.8. The number of amides is 1. The van der Waals surface area contributed by atoms with E-state index in [0.29, 0.717) is 10.8 Å². The van der Waals surface area contributed by atoms with E-state index in [4.69, 9.17) is 4.98 Å². The Morgan fingerprint density at radius 3 is 2.49 bits per heavy atom. The van der Waals surface area contributed by atoms with Crippen LogP contribution in [0.2, 0.25) is 0 Å². The number of carbonyl (C=O) groups is 2. The summed E-state index contributed by atoms with van der Waals surface area (Å²) in [7, 11) is 0. The quantitative estimate of drug-likeness (QED) is 0.208. The number of aryl methyl sites for hydroxylation is 2. The first-order valence-electron chi connectivity index (χ1n) is 15.3. The number of pyridine rings is 1. The van der Waals surface area contributed by atoms with E-state index in [1.54, 1.807) is 17.4 Å². The van der Waals surface area contributed by atoms with Crippen LogP contribution in [0.15, 0.2) is 36.4 Å². The average Bonchev–Trinajstić information content (AvgIpc) is 3.77. The van der Waals surface area contributed by atoms with Gasteiger partial charge in [0.1, 0.15) is 11.4 Å². The van der Waals surface area contributed by atoms with Gasteiger partial charge in [-0.25, -0.2) is 14.8 Å². The van der Waals surface area contributed by atoms with E-state index in [-0.39, 0.29) is 18.5 Å². The second-order valence-corrected chi connectivity index (χ2v) is 14.4. The molecule has 1 N–H and O–H groups in total. The fourth-order valence-corrected chi connectivity index (χ4v) is 9.21. The van der Waals surface area contributed by atoms with E-state index >= 15 is 0 Å². The van der Waals surface area contributed by atoms with Crippen molar-refractivity contribution < 1.29 is 14.7 Å². The molecule has 1 atom stereocenters. The molecule has 9 heteroatoms. The number of benzene rings is 1. The van der Waals surface area contributed by atoms with Gasteiger partial charge in [0.15, 0.2) is 0 Å². The summed E-state index contributed by atoms with van der Waals surface area (Å²) >= 11 is 3.02. The number of aromatic nitrogens is 3. The zero-order valence-corrected chi connectivity index (χ0v) is 26.5. The Balaban J connectivity index is 1.40. The van der Waals surface area contributed by atoms with E-state index in [0.717, 1.165) is 85.9 Å². The monoisotopic (exact) mass is 612 g/mol. The molecule has 1 saturated heterocycles. The molecule has 1 saturated carbocycles. The minimum atomic E-state index is -0.914. The van der Waals surface area contributed by atoms with Crippen LogP contribution >= 0.6 is 22.7 Å². The number of hydrogen-bond donors (Lipinski definition) is 1. The van der Waals surface area contributed by atoms with Gasteiger partial charge in [-0.1, -0.05) is 31.4 Å². The summed E-state index contributed by atoms with van der Waals surface area (Å²) in [5.41, 5.74) is 7.04. The summed E-state index contributed by atoms with van der Waals surface area (Å²) in [4.78, 5) is 38.9. The summed E-state index contributed by atoms with van der Waals surface area (Å²) in [5, 5.41) is 12.0. The molecule has 1 unspecified atom stereocenters. The van der Waals surface area contributed by atoms with Gasteiger partial charge in [0, 0.05) is 18.0 Å². The van der Waals surface area contributed by atoms with Gasteiger partial charge in [0.25, 0.3) is 0 Å². The summed E-state index contributed by atoms with van der Waals surface area (Å²) in [5.74, 6) is -0.478. The number of fused-ring (bicyclic) bond motifs is 2. The number of thiazole rings is 1. The van der Waals surface area contributed by atoms with E-state index < -0.39 is 5.97 Å². The number of carbonyl (C=O) groups excluding carboxylic acids is 1. The number of nitrogens with zero attached hydrogens (tertiary/aromatic N) is 4. The van der Waals surface area contributed by atoms with Gasteiger partial charge in [-0.3, -0.25) is 4.79 Å². The number of likely N-dealkylation sites (tertiary alicyclic amines) is 1. The van der Waals surface area contributed by atoms with E-state index in [1.165, 1.54) is 36.2 Å². The Bertz CT molecular complexity index is 1880. The van der Waals surface area contributed by atoms with Gasteiger partial charge in [-0.05, 0) is 87.8 Å². The molecule has 43 heavy (non-hydrogen) atoms. The van der Waals surface area contributed by atoms with Crippen LogP contribution in [0, 0.1) is 13.8 Å². The third-order valence-corrected chi connectivity index (χ3v) is 11.5. The molecule has 0 spiro atoms. The number of carboxylic acids is 1. The molecule has 1 aliphatic carbocycles. The maximum absolute atomic E-state index is 13.8. The van der Waals surface area contributed by atoms with Crippen molar-refractivity contribution in [3.05, 3.63) is 57.5 Å². The fourth-order valence-electron chi connectivity index (χ4n) is 7.20. The van der Waals surface area contributed by atoms with Gasteiger partial charge >= 0.3 is 5.97 Å². The highest BCUT2D eigenvalue weighted by Crippen LogP contribution is 2.47. The lowest BCUT2D eigenvalue weighted by Gasteiger charge is -2.25. The van der Waals surface area contributed by atoms with Gasteiger partial charge < -0.3 is 14.6 Å². The molecular weight excluding hydrogens is 577 g/mol. The maximum atomic E-state index is 13.8. The van der Waals surface area contributed by atoms with Crippen molar-refractivity contribution >= 4 is 55.7 Å². The van der Waals surface area contributed by atoms with Crippen LogP contribution in [0.1, 0.15) is 83.7 Å². The highest BCUT2D eigenvalue weighted by atomic mass is 32.1. The molecule has 2 fully saturated rings. The lowest BCUT2D eigenvalue weighted by Crippen LogP contribution is -2.36. The number of rotatable bonds is 6. The maximum Gasteiger partial charge on any atom is 0.345 e. The van der Waals surface area contributed by atoms with Crippen LogP contribution < -0.4 is 0 Å². The first kappa shape index (κ1) is 28.2. The van der Waals surface area contributed by atoms with E-state index in [9.17, 15) is 14.7 Å². The predicted molar refractivity (Wildman–Crippen MR) is 174 cm³/mol. The zero-order valence-electron chi connectivity index (χ0n) is 24.9. The first-order valence-corrected chi connectivity index (χ1v) is 17.0. The van der Waals surface area contributed by atoms with Crippen molar-refractivity contribution in [2.45, 2.75) is 84.2 Å². The second kappa shape index (κ2) is 11.2. The van der Waals surface area contributed by atoms with Crippen LogP contribution in [0.4, 0.5) is 0 Å². The summed E-state index contributed by atoms with van der Waals surface area (Å²) in [6, 6.07) is 12.6. The number of thiophene rings is 1. The summed E-state index contributed by atoms with van der Waals surface area (Å²) in [6.45, 7) is 7.16.